The second-order valence-corrected chi connectivity index (χ2v) is 5.72. The standard InChI is InChI=1S/C18H19NO2/c1-13-6-4-9-15(12-13)19-18(17(20)21)11-5-8-14-7-2-3-10-16(14)18/h2-4,6-7,9-10,12,19H,5,8,11H2,1H3,(H,20,21). The number of aryl methyl sites for hydroxylation is 2. The molecule has 0 heterocycles. The topological polar surface area (TPSA) is 49.3 Å². The smallest absolute Gasteiger partial charge is 0.334 e. The van der Waals surface area contributed by atoms with Crippen LogP contribution >= 0.6 is 0 Å². The number of benzene rings is 2. The van der Waals surface area contributed by atoms with Crippen LogP contribution in [0.1, 0.15) is 29.5 Å². The molecule has 1 atom stereocenters. The molecule has 0 aliphatic heterocycles. The summed E-state index contributed by atoms with van der Waals surface area (Å²) in [7, 11) is 0. The second kappa shape index (κ2) is 5.24. The van der Waals surface area contributed by atoms with Gasteiger partial charge in [0, 0.05) is 5.69 Å². The minimum Gasteiger partial charge on any atom is -0.479 e. The summed E-state index contributed by atoms with van der Waals surface area (Å²) >= 11 is 0. The van der Waals surface area contributed by atoms with E-state index in [-0.39, 0.29) is 0 Å². The molecule has 0 saturated heterocycles. The van der Waals surface area contributed by atoms with Gasteiger partial charge in [-0.15, -0.1) is 0 Å². The van der Waals surface area contributed by atoms with E-state index in [4.69, 9.17) is 0 Å². The van der Waals surface area contributed by atoms with Crippen molar-refractivity contribution in [3.8, 4) is 0 Å². The van der Waals surface area contributed by atoms with E-state index in [9.17, 15) is 9.90 Å². The summed E-state index contributed by atoms with van der Waals surface area (Å²) in [5.41, 5.74) is 2.97. The SMILES string of the molecule is Cc1cccc(NC2(C(=O)O)CCCc3ccccc32)c1. The second-order valence-electron chi connectivity index (χ2n) is 5.72. The Morgan fingerprint density at radius 2 is 2.00 bits per heavy atom. The lowest BCUT2D eigenvalue weighted by molar-refractivity contribution is -0.143. The van der Waals surface area contributed by atoms with Crippen LogP contribution in [-0.2, 0) is 16.8 Å². The molecule has 1 aliphatic rings. The molecular weight excluding hydrogens is 262 g/mol. The van der Waals surface area contributed by atoms with Gasteiger partial charge >= 0.3 is 5.97 Å². The van der Waals surface area contributed by atoms with Crippen LogP contribution in [0, 0.1) is 6.92 Å². The summed E-state index contributed by atoms with van der Waals surface area (Å²) < 4.78 is 0. The lowest BCUT2D eigenvalue weighted by Gasteiger charge is -2.37. The number of carboxylic acid groups (broad SMARTS) is 1. The van der Waals surface area contributed by atoms with Crippen molar-refractivity contribution in [3.63, 3.8) is 0 Å². The van der Waals surface area contributed by atoms with Crippen LogP contribution in [0.4, 0.5) is 5.69 Å². The first kappa shape index (κ1) is 13.7. The lowest BCUT2D eigenvalue weighted by Crippen LogP contribution is -2.46. The quantitative estimate of drug-likeness (QED) is 0.901. The third-order valence-electron chi connectivity index (χ3n) is 4.22. The van der Waals surface area contributed by atoms with Crippen molar-refractivity contribution in [2.45, 2.75) is 31.7 Å². The van der Waals surface area contributed by atoms with Gasteiger partial charge in [-0.1, -0.05) is 36.4 Å². The Morgan fingerprint density at radius 1 is 1.19 bits per heavy atom. The Morgan fingerprint density at radius 3 is 2.76 bits per heavy atom. The monoisotopic (exact) mass is 281 g/mol. The van der Waals surface area contributed by atoms with Crippen molar-refractivity contribution in [1.82, 2.24) is 0 Å². The third kappa shape index (κ3) is 2.40. The summed E-state index contributed by atoms with van der Waals surface area (Å²) in [6, 6.07) is 15.7. The number of hydrogen-bond acceptors (Lipinski definition) is 2. The van der Waals surface area contributed by atoms with E-state index in [2.05, 4.69) is 5.32 Å². The first-order valence-corrected chi connectivity index (χ1v) is 7.28. The zero-order valence-corrected chi connectivity index (χ0v) is 12.1. The number of carbonyl (C=O) groups is 1. The average molecular weight is 281 g/mol. The van der Waals surface area contributed by atoms with Crippen molar-refractivity contribution >= 4 is 11.7 Å². The van der Waals surface area contributed by atoms with Crippen molar-refractivity contribution < 1.29 is 9.90 Å². The molecule has 3 rings (SSSR count). The molecule has 3 heteroatoms. The van der Waals surface area contributed by atoms with E-state index in [1.165, 1.54) is 0 Å². The van der Waals surface area contributed by atoms with Gasteiger partial charge in [0.2, 0.25) is 0 Å². The first-order chi connectivity index (χ1) is 10.1. The average Bonchev–Trinajstić information content (AvgIpc) is 2.47. The highest BCUT2D eigenvalue weighted by Crippen LogP contribution is 2.38. The number of aliphatic carboxylic acids is 1. The summed E-state index contributed by atoms with van der Waals surface area (Å²) in [6.45, 7) is 2.01. The minimum absolute atomic E-state index is 0.604. The number of hydrogen-bond donors (Lipinski definition) is 2. The first-order valence-electron chi connectivity index (χ1n) is 7.28. The molecule has 1 aliphatic carbocycles. The predicted molar refractivity (Wildman–Crippen MR) is 83.5 cm³/mol. The Balaban J connectivity index is 2.08. The van der Waals surface area contributed by atoms with Gasteiger partial charge in [-0.25, -0.2) is 4.79 Å². The molecule has 2 aromatic carbocycles. The van der Waals surface area contributed by atoms with Gasteiger partial charge < -0.3 is 10.4 Å². The van der Waals surface area contributed by atoms with Crippen LogP contribution in [0.2, 0.25) is 0 Å². The molecule has 2 N–H and O–H groups in total. The van der Waals surface area contributed by atoms with Crippen LogP contribution in [0.15, 0.2) is 48.5 Å². The molecule has 3 nitrogen and oxygen atoms in total. The van der Waals surface area contributed by atoms with E-state index in [0.717, 1.165) is 35.2 Å². The number of rotatable bonds is 3. The largest absolute Gasteiger partial charge is 0.479 e. The van der Waals surface area contributed by atoms with Gasteiger partial charge in [0.05, 0.1) is 0 Å². The van der Waals surface area contributed by atoms with Crippen LogP contribution in [0.25, 0.3) is 0 Å². The fourth-order valence-corrected chi connectivity index (χ4v) is 3.21. The number of fused-ring (bicyclic) bond motifs is 1. The summed E-state index contributed by atoms with van der Waals surface area (Å²) in [5, 5.41) is 13.2. The van der Waals surface area contributed by atoms with Gasteiger partial charge in [-0.3, -0.25) is 0 Å². The molecule has 0 amide bonds. The van der Waals surface area contributed by atoms with E-state index in [1.807, 2.05) is 55.5 Å². The molecule has 0 spiro atoms. The Hall–Kier alpha value is -2.29. The molecule has 0 fully saturated rings. The molecule has 0 saturated carbocycles. The maximum atomic E-state index is 12.1. The highest BCUT2D eigenvalue weighted by Gasteiger charge is 2.43. The number of nitrogens with one attached hydrogen (secondary N) is 1. The van der Waals surface area contributed by atoms with Crippen LogP contribution in [-0.4, -0.2) is 11.1 Å². The van der Waals surface area contributed by atoms with Crippen LogP contribution in [0.3, 0.4) is 0 Å². The Labute approximate surface area is 124 Å². The van der Waals surface area contributed by atoms with Gasteiger partial charge in [0.25, 0.3) is 0 Å². The van der Waals surface area contributed by atoms with E-state index < -0.39 is 11.5 Å². The zero-order chi connectivity index (χ0) is 14.9. The fraction of sp³-hybridized carbons (Fsp3) is 0.278. The molecule has 2 aromatic rings. The van der Waals surface area contributed by atoms with E-state index in [0.29, 0.717) is 6.42 Å². The molecule has 0 aromatic heterocycles. The molecule has 1 unspecified atom stereocenters. The molecule has 0 bridgehead atoms. The third-order valence-corrected chi connectivity index (χ3v) is 4.22. The molecule has 21 heavy (non-hydrogen) atoms. The van der Waals surface area contributed by atoms with Crippen molar-refractivity contribution in [3.05, 3.63) is 65.2 Å². The molecule has 108 valence electrons. The Kier molecular flexibility index (Phi) is 3.42. The molecular formula is C18H19NO2. The minimum atomic E-state index is -1.03. The summed E-state index contributed by atoms with van der Waals surface area (Å²) in [6.07, 6.45) is 2.43. The van der Waals surface area contributed by atoms with Crippen LogP contribution < -0.4 is 5.32 Å². The maximum Gasteiger partial charge on any atom is 0.334 e. The normalized spacial score (nSPS) is 20.6. The lowest BCUT2D eigenvalue weighted by atomic mass is 9.76. The van der Waals surface area contributed by atoms with Gasteiger partial charge in [0.15, 0.2) is 5.54 Å². The number of carboxylic acids is 1. The number of anilines is 1. The van der Waals surface area contributed by atoms with Crippen molar-refractivity contribution in [2.24, 2.45) is 0 Å². The van der Waals surface area contributed by atoms with Crippen molar-refractivity contribution in [2.75, 3.05) is 5.32 Å². The highest BCUT2D eigenvalue weighted by atomic mass is 16.4. The molecule has 0 radical (unpaired) electrons. The van der Waals surface area contributed by atoms with Gasteiger partial charge in [-0.2, -0.15) is 0 Å². The van der Waals surface area contributed by atoms with Crippen molar-refractivity contribution in [1.29, 1.82) is 0 Å². The van der Waals surface area contributed by atoms with Crippen LogP contribution in [0.5, 0.6) is 0 Å². The zero-order valence-electron chi connectivity index (χ0n) is 12.1. The summed E-state index contributed by atoms with van der Waals surface area (Å²) in [4.78, 5) is 12.1. The predicted octanol–water partition coefficient (Wildman–Crippen LogP) is 3.72. The Bertz CT molecular complexity index is 680. The van der Waals surface area contributed by atoms with Gasteiger partial charge in [0.1, 0.15) is 0 Å². The highest BCUT2D eigenvalue weighted by molar-refractivity contribution is 5.85. The summed E-state index contributed by atoms with van der Waals surface area (Å²) in [5.74, 6) is -0.809. The van der Waals surface area contributed by atoms with E-state index >= 15 is 0 Å². The maximum absolute atomic E-state index is 12.1. The van der Waals surface area contributed by atoms with E-state index in [1.54, 1.807) is 0 Å². The fourth-order valence-electron chi connectivity index (χ4n) is 3.21. The van der Waals surface area contributed by atoms with Gasteiger partial charge in [-0.05, 0) is 55.0 Å².